The fourth-order valence-electron chi connectivity index (χ4n) is 2.69. The number of nitrogens with zero attached hydrogens (tertiary/aromatic N) is 1. The van der Waals surface area contributed by atoms with E-state index < -0.39 is 0 Å². The lowest BCUT2D eigenvalue weighted by molar-refractivity contribution is 0.323. The minimum Gasteiger partial charge on any atom is -0.508 e. The first-order valence-electron chi connectivity index (χ1n) is 7.75. The number of ether oxygens (including phenoxy) is 3. The number of methoxy groups -OCH3 is 3. The molecule has 0 spiro atoms. The first kappa shape index (κ1) is 17.7. The number of hydrogen-bond donors (Lipinski definition) is 1. The van der Waals surface area contributed by atoms with Gasteiger partial charge in [-0.1, -0.05) is 13.3 Å². The molecule has 6 nitrogen and oxygen atoms in total. The quantitative estimate of drug-likeness (QED) is 0.843. The molecule has 0 saturated carbocycles. The maximum atomic E-state index is 12.3. The van der Waals surface area contributed by atoms with E-state index in [1.165, 1.54) is 6.07 Å². The smallest absolute Gasteiger partial charge is 0.254 e. The van der Waals surface area contributed by atoms with Crippen LogP contribution in [0.25, 0.3) is 0 Å². The highest BCUT2D eigenvalue weighted by molar-refractivity contribution is 5.53. The van der Waals surface area contributed by atoms with E-state index in [0.29, 0.717) is 30.2 Å². The van der Waals surface area contributed by atoms with Crippen LogP contribution >= 0.6 is 0 Å². The van der Waals surface area contributed by atoms with Gasteiger partial charge in [0.25, 0.3) is 5.56 Å². The van der Waals surface area contributed by atoms with Gasteiger partial charge in [-0.2, -0.15) is 0 Å². The van der Waals surface area contributed by atoms with E-state index in [-0.39, 0.29) is 11.3 Å². The van der Waals surface area contributed by atoms with Gasteiger partial charge in [0.1, 0.15) is 5.75 Å². The number of benzene rings is 1. The van der Waals surface area contributed by atoms with E-state index in [0.717, 1.165) is 17.7 Å². The highest BCUT2D eigenvalue weighted by Gasteiger charge is 2.15. The van der Waals surface area contributed by atoms with Gasteiger partial charge in [-0.15, -0.1) is 0 Å². The molecule has 1 heterocycles. The number of hydrogen-bond acceptors (Lipinski definition) is 5. The maximum Gasteiger partial charge on any atom is 0.254 e. The average Bonchev–Trinajstić information content (AvgIpc) is 2.57. The number of aromatic hydroxyl groups is 1. The van der Waals surface area contributed by atoms with E-state index >= 15 is 0 Å². The summed E-state index contributed by atoms with van der Waals surface area (Å²) in [4.78, 5) is 12.3. The Morgan fingerprint density at radius 1 is 1.00 bits per heavy atom. The Hall–Kier alpha value is -2.63. The Bertz CT molecular complexity index is 741. The topological polar surface area (TPSA) is 69.9 Å². The third-order valence-electron chi connectivity index (χ3n) is 3.77. The molecule has 6 heteroatoms. The van der Waals surface area contributed by atoms with Crippen molar-refractivity contribution in [3.8, 4) is 23.0 Å². The second kappa shape index (κ2) is 7.77. The molecule has 2 rings (SSSR count). The highest BCUT2D eigenvalue weighted by atomic mass is 16.5. The zero-order valence-corrected chi connectivity index (χ0v) is 14.5. The predicted octanol–water partition coefficient (Wildman–Crippen LogP) is 2.58. The van der Waals surface area contributed by atoms with Crippen molar-refractivity contribution < 1.29 is 19.3 Å². The minimum absolute atomic E-state index is 0.00964. The molecule has 0 aliphatic heterocycles. The van der Waals surface area contributed by atoms with Gasteiger partial charge in [0.05, 0.1) is 27.9 Å². The number of aromatic nitrogens is 1. The molecule has 0 radical (unpaired) electrons. The lowest BCUT2D eigenvalue weighted by Gasteiger charge is -2.16. The van der Waals surface area contributed by atoms with Crippen LogP contribution in [-0.2, 0) is 13.0 Å². The molecule has 2 aromatic rings. The molecule has 1 aromatic heterocycles. The molecule has 0 fully saturated rings. The maximum absolute atomic E-state index is 12.3. The van der Waals surface area contributed by atoms with Gasteiger partial charge < -0.3 is 23.9 Å². The monoisotopic (exact) mass is 333 g/mol. The van der Waals surface area contributed by atoms with E-state index in [9.17, 15) is 9.90 Å². The molecule has 0 atom stereocenters. The van der Waals surface area contributed by atoms with E-state index in [1.54, 1.807) is 32.0 Å². The summed E-state index contributed by atoms with van der Waals surface area (Å²) < 4.78 is 17.7. The summed E-state index contributed by atoms with van der Waals surface area (Å²) in [5, 5.41) is 9.67. The van der Waals surface area contributed by atoms with Crippen molar-refractivity contribution in [3.63, 3.8) is 0 Å². The number of rotatable bonds is 7. The summed E-state index contributed by atoms with van der Waals surface area (Å²) in [5.74, 6) is 1.58. The molecule has 24 heavy (non-hydrogen) atoms. The van der Waals surface area contributed by atoms with Crippen LogP contribution in [-0.4, -0.2) is 31.0 Å². The third-order valence-corrected chi connectivity index (χ3v) is 3.77. The van der Waals surface area contributed by atoms with Gasteiger partial charge in [0.15, 0.2) is 11.5 Å². The SMILES string of the molecule is CCCc1cc(O)cc(=O)n1Cc1cc(OC)c(OC)c(OC)c1. The zero-order valence-electron chi connectivity index (χ0n) is 14.5. The Balaban J connectivity index is 2.50. The fraction of sp³-hybridized carbons (Fsp3) is 0.389. The molecule has 1 aromatic carbocycles. The second-order valence-corrected chi connectivity index (χ2v) is 5.41. The van der Waals surface area contributed by atoms with Gasteiger partial charge in [0, 0.05) is 11.8 Å². The third kappa shape index (κ3) is 3.64. The molecule has 0 amide bonds. The number of pyridine rings is 1. The van der Waals surface area contributed by atoms with Gasteiger partial charge in [-0.25, -0.2) is 0 Å². The first-order valence-corrected chi connectivity index (χ1v) is 7.75. The normalized spacial score (nSPS) is 10.5. The van der Waals surface area contributed by atoms with Crippen molar-refractivity contribution in [2.45, 2.75) is 26.3 Å². The highest BCUT2D eigenvalue weighted by Crippen LogP contribution is 2.38. The molecular formula is C18H23NO5. The second-order valence-electron chi connectivity index (χ2n) is 5.41. The lowest BCUT2D eigenvalue weighted by atomic mass is 10.1. The average molecular weight is 333 g/mol. The van der Waals surface area contributed by atoms with Crippen molar-refractivity contribution in [3.05, 3.63) is 45.9 Å². The molecule has 1 N–H and O–H groups in total. The fourth-order valence-corrected chi connectivity index (χ4v) is 2.69. The van der Waals surface area contributed by atoms with Crippen molar-refractivity contribution >= 4 is 0 Å². The molecule has 0 aliphatic rings. The number of aryl methyl sites for hydroxylation is 1. The van der Waals surface area contributed by atoms with Crippen molar-refractivity contribution in [2.75, 3.05) is 21.3 Å². The van der Waals surface area contributed by atoms with E-state index in [2.05, 4.69) is 0 Å². The molecule has 0 bridgehead atoms. The van der Waals surface area contributed by atoms with Crippen LogP contribution < -0.4 is 19.8 Å². The van der Waals surface area contributed by atoms with Crippen LogP contribution in [0.1, 0.15) is 24.6 Å². The van der Waals surface area contributed by atoms with Crippen LogP contribution in [0, 0.1) is 0 Å². The molecule has 0 unspecified atom stereocenters. The Morgan fingerprint density at radius 2 is 1.62 bits per heavy atom. The Kier molecular flexibility index (Phi) is 5.73. The Labute approximate surface area is 141 Å². The van der Waals surface area contributed by atoms with Crippen LogP contribution in [0.3, 0.4) is 0 Å². The summed E-state index contributed by atoms with van der Waals surface area (Å²) in [6.07, 6.45) is 1.58. The standard InChI is InChI=1S/C18H23NO5/c1-5-6-13-9-14(20)10-17(21)19(13)11-12-7-15(22-2)18(24-4)16(8-12)23-3/h7-10,20H,5-6,11H2,1-4H3. The molecule has 130 valence electrons. The first-order chi connectivity index (χ1) is 11.5. The van der Waals surface area contributed by atoms with Crippen molar-refractivity contribution in [2.24, 2.45) is 0 Å². The Morgan fingerprint density at radius 3 is 2.12 bits per heavy atom. The lowest BCUT2D eigenvalue weighted by Crippen LogP contribution is -2.23. The molecule has 0 aliphatic carbocycles. The largest absolute Gasteiger partial charge is 0.508 e. The van der Waals surface area contributed by atoms with Crippen molar-refractivity contribution in [1.82, 2.24) is 4.57 Å². The van der Waals surface area contributed by atoms with Crippen LogP contribution in [0.5, 0.6) is 23.0 Å². The minimum atomic E-state index is -0.243. The summed E-state index contributed by atoms with van der Waals surface area (Å²) in [5.41, 5.74) is 1.39. The summed E-state index contributed by atoms with van der Waals surface area (Å²) in [6, 6.07) is 6.48. The summed E-state index contributed by atoms with van der Waals surface area (Å²) >= 11 is 0. The zero-order chi connectivity index (χ0) is 17.7. The van der Waals surface area contributed by atoms with Gasteiger partial charge in [0.2, 0.25) is 5.75 Å². The van der Waals surface area contributed by atoms with Crippen LogP contribution in [0.15, 0.2) is 29.1 Å². The van der Waals surface area contributed by atoms with Gasteiger partial charge >= 0.3 is 0 Å². The van der Waals surface area contributed by atoms with Crippen molar-refractivity contribution in [1.29, 1.82) is 0 Å². The van der Waals surface area contributed by atoms with Gasteiger partial charge in [-0.05, 0) is 30.2 Å². The van der Waals surface area contributed by atoms with Crippen LogP contribution in [0.2, 0.25) is 0 Å². The summed E-state index contributed by atoms with van der Waals surface area (Å²) in [7, 11) is 4.65. The molecular weight excluding hydrogens is 310 g/mol. The summed E-state index contributed by atoms with van der Waals surface area (Å²) in [6.45, 7) is 2.38. The molecule has 0 saturated heterocycles. The van der Waals surface area contributed by atoms with E-state index in [1.807, 2.05) is 19.1 Å². The van der Waals surface area contributed by atoms with E-state index in [4.69, 9.17) is 14.2 Å². The van der Waals surface area contributed by atoms with Gasteiger partial charge in [-0.3, -0.25) is 4.79 Å². The van der Waals surface area contributed by atoms with Crippen LogP contribution in [0.4, 0.5) is 0 Å². The predicted molar refractivity (Wildman–Crippen MR) is 91.6 cm³/mol.